The number of hydrogen-bond donors (Lipinski definition) is 2. The lowest BCUT2D eigenvalue weighted by molar-refractivity contribution is 0.644. The molecule has 3 N–H and O–H groups in total. The van der Waals surface area contributed by atoms with E-state index in [9.17, 15) is 0 Å². The zero-order valence-electron chi connectivity index (χ0n) is 15.2. The predicted octanol–water partition coefficient (Wildman–Crippen LogP) is 5.12. The zero-order valence-corrected chi connectivity index (χ0v) is 15.2. The van der Waals surface area contributed by atoms with Crippen molar-refractivity contribution in [2.75, 3.05) is 12.3 Å². The molecule has 0 aliphatic carbocycles. The van der Waals surface area contributed by atoms with Crippen molar-refractivity contribution in [3.05, 3.63) is 77.0 Å². The van der Waals surface area contributed by atoms with Crippen LogP contribution in [0.4, 0.5) is 5.69 Å². The van der Waals surface area contributed by atoms with E-state index in [2.05, 4.69) is 63.0 Å². The molecule has 0 aliphatic heterocycles. The van der Waals surface area contributed by atoms with E-state index in [0.717, 1.165) is 30.8 Å². The van der Waals surface area contributed by atoms with Crippen LogP contribution < -0.4 is 11.1 Å². The predicted molar refractivity (Wildman–Crippen MR) is 105 cm³/mol. The Balaban J connectivity index is 2.30. The number of unbranched alkanes of at least 4 members (excludes halogenated alkanes) is 1. The van der Waals surface area contributed by atoms with Crippen LogP contribution in [0.5, 0.6) is 0 Å². The maximum Gasteiger partial charge on any atom is 0.0316 e. The maximum absolute atomic E-state index is 5.96. The van der Waals surface area contributed by atoms with Crippen LogP contribution >= 0.6 is 0 Å². The molecule has 0 heterocycles. The molecule has 128 valence electrons. The Morgan fingerprint density at radius 3 is 2.62 bits per heavy atom. The first kappa shape index (κ1) is 18.1. The summed E-state index contributed by atoms with van der Waals surface area (Å²) in [5.41, 5.74) is 13.2. The number of nitrogens with one attached hydrogen (secondary N) is 1. The van der Waals surface area contributed by atoms with Crippen LogP contribution in [-0.4, -0.2) is 6.54 Å². The highest BCUT2D eigenvalue weighted by atomic mass is 14.9. The summed E-state index contributed by atoms with van der Waals surface area (Å²) in [4.78, 5) is 0. The van der Waals surface area contributed by atoms with Crippen molar-refractivity contribution in [2.24, 2.45) is 0 Å². The number of rotatable bonds is 8. The summed E-state index contributed by atoms with van der Waals surface area (Å²) in [5.74, 6) is 0.253. The lowest BCUT2D eigenvalue weighted by Crippen LogP contribution is -2.21. The summed E-state index contributed by atoms with van der Waals surface area (Å²) < 4.78 is 0. The summed E-state index contributed by atoms with van der Waals surface area (Å²) in [6, 6.07) is 14.7. The molecule has 2 aromatic rings. The van der Waals surface area contributed by atoms with E-state index >= 15 is 0 Å². The standard InChI is InChI=1S/C22H30N2/c1-5-6-13-24-18(4)22(15-19-10-8-11-20(23)14-19)21-12-7-9-16(2)17(21)3/h7-12,14,22,24H,4-6,13,15,23H2,1-3H3. The molecule has 1 unspecified atom stereocenters. The minimum atomic E-state index is 0.253. The van der Waals surface area contributed by atoms with Crippen molar-refractivity contribution in [1.29, 1.82) is 0 Å². The van der Waals surface area contributed by atoms with Crippen LogP contribution in [-0.2, 0) is 6.42 Å². The highest BCUT2D eigenvalue weighted by Gasteiger charge is 2.18. The van der Waals surface area contributed by atoms with Gasteiger partial charge < -0.3 is 11.1 Å². The second-order valence-corrected chi connectivity index (χ2v) is 6.60. The third kappa shape index (κ3) is 4.64. The number of nitrogens with two attached hydrogens (primary N) is 1. The summed E-state index contributed by atoms with van der Waals surface area (Å²) in [7, 11) is 0. The van der Waals surface area contributed by atoms with Crippen molar-refractivity contribution in [3.63, 3.8) is 0 Å². The molecule has 0 saturated carbocycles. The third-order valence-corrected chi connectivity index (χ3v) is 4.72. The van der Waals surface area contributed by atoms with E-state index in [0.29, 0.717) is 0 Å². The Labute approximate surface area is 146 Å². The normalized spacial score (nSPS) is 12.0. The van der Waals surface area contributed by atoms with Crippen LogP contribution in [0.1, 0.15) is 47.9 Å². The van der Waals surface area contributed by atoms with E-state index in [1.807, 2.05) is 12.1 Å². The second kappa shape index (κ2) is 8.58. The van der Waals surface area contributed by atoms with Gasteiger partial charge in [0, 0.05) is 23.8 Å². The van der Waals surface area contributed by atoms with Crippen LogP contribution in [0, 0.1) is 13.8 Å². The average molecular weight is 322 g/mol. The van der Waals surface area contributed by atoms with Gasteiger partial charge in [-0.25, -0.2) is 0 Å². The molecular formula is C22H30N2. The number of nitrogen functional groups attached to an aromatic ring is 1. The Bertz CT molecular complexity index is 688. The first-order chi connectivity index (χ1) is 11.5. The largest absolute Gasteiger partial charge is 0.399 e. The monoisotopic (exact) mass is 322 g/mol. The van der Waals surface area contributed by atoms with Crippen LogP contribution in [0.15, 0.2) is 54.7 Å². The third-order valence-electron chi connectivity index (χ3n) is 4.72. The summed E-state index contributed by atoms with van der Waals surface area (Å²) in [5, 5.41) is 3.54. The van der Waals surface area contributed by atoms with E-state index < -0.39 is 0 Å². The smallest absolute Gasteiger partial charge is 0.0316 e. The van der Waals surface area contributed by atoms with Crippen molar-refractivity contribution >= 4 is 5.69 Å². The first-order valence-electron chi connectivity index (χ1n) is 8.86. The quantitative estimate of drug-likeness (QED) is 0.523. The van der Waals surface area contributed by atoms with Crippen molar-refractivity contribution < 1.29 is 0 Å². The molecule has 1 atom stereocenters. The Morgan fingerprint density at radius 2 is 1.92 bits per heavy atom. The second-order valence-electron chi connectivity index (χ2n) is 6.60. The van der Waals surface area contributed by atoms with Crippen molar-refractivity contribution in [2.45, 2.75) is 46.0 Å². The SMILES string of the molecule is C=C(NCCCC)C(Cc1cccc(N)c1)c1cccc(C)c1C. The van der Waals surface area contributed by atoms with Gasteiger partial charge in [0.25, 0.3) is 0 Å². The molecule has 24 heavy (non-hydrogen) atoms. The average Bonchev–Trinajstić information content (AvgIpc) is 2.56. The lowest BCUT2D eigenvalue weighted by Gasteiger charge is -2.24. The Kier molecular flexibility index (Phi) is 6.48. The fourth-order valence-corrected chi connectivity index (χ4v) is 3.08. The van der Waals surface area contributed by atoms with Gasteiger partial charge in [0.15, 0.2) is 0 Å². The van der Waals surface area contributed by atoms with E-state index in [1.54, 1.807) is 0 Å². The molecule has 2 nitrogen and oxygen atoms in total. The number of aryl methyl sites for hydroxylation is 1. The van der Waals surface area contributed by atoms with Crippen LogP contribution in [0.2, 0.25) is 0 Å². The summed E-state index contributed by atoms with van der Waals surface area (Å²) in [6.45, 7) is 11.9. The van der Waals surface area contributed by atoms with E-state index in [4.69, 9.17) is 5.73 Å². The minimum Gasteiger partial charge on any atom is -0.399 e. The van der Waals surface area contributed by atoms with Gasteiger partial charge in [0.2, 0.25) is 0 Å². The molecule has 2 rings (SSSR count). The highest BCUT2D eigenvalue weighted by Crippen LogP contribution is 2.30. The maximum atomic E-state index is 5.96. The fraction of sp³-hybridized carbons (Fsp3) is 0.364. The first-order valence-corrected chi connectivity index (χ1v) is 8.86. The van der Waals surface area contributed by atoms with Gasteiger partial charge in [-0.2, -0.15) is 0 Å². The lowest BCUT2D eigenvalue weighted by atomic mass is 9.85. The Hall–Kier alpha value is -2.22. The van der Waals surface area contributed by atoms with E-state index in [-0.39, 0.29) is 5.92 Å². The van der Waals surface area contributed by atoms with Crippen LogP contribution in [0.3, 0.4) is 0 Å². The molecule has 0 aliphatic rings. The molecule has 0 aromatic heterocycles. The fourth-order valence-electron chi connectivity index (χ4n) is 3.08. The van der Waals surface area contributed by atoms with Gasteiger partial charge in [-0.3, -0.25) is 0 Å². The highest BCUT2D eigenvalue weighted by molar-refractivity contribution is 5.44. The number of benzene rings is 2. The van der Waals surface area contributed by atoms with Gasteiger partial charge in [0.05, 0.1) is 0 Å². The van der Waals surface area contributed by atoms with Crippen molar-refractivity contribution in [3.8, 4) is 0 Å². The summed E-state index contributed by atoms with van der Waals surface area (Å²) in [6.07, 6.45) is 3.26. The van der Waals surface area contributed by atoms with Gasteiger partial charge in [-0.05, 0) is 61.1 Å². The van der Waals surface area contributed by atoms with Gasteiger partial charge in [0.1, 0.15) is 0 Å². The molecule has 0 fully saturated rings. The minimum absolute atomic E-state index is 0.253. The molecule has 0 spiro atoms. The van der Waals surface area contributed by atoms with Crippen molar-refractivity contribution in [1.82, 2.24) is 5.32 Å². The number of anilines is 1. The van der Waals surface area contributed by atoms with E-state index in [1.165, 1.54) is 28.7 Å². The Morgan fingerprint density at radius 1 is 1.17 bits per heavy atom. The van der Waals surface area contributed by atoms with Crippen LogP contribution in [0.25, 0.3) is 0 Å². The molecule has 0 saturated heterocycles. The van der Waals surface area contributed by atoms with Gasteiger partial charge in [-0.1, -0.05) is 50.3 Å². The molecular weight excluding hydrogens is 292 g/mol. The molecule has 0 bridgehead atoms. The molecule has 0 radical (unpaired) electrons. The molecule has 2 aromatic carbocycles. The number of allylic oxidation sites excluding steroid dienone is 1. The van der Waals surface area contributed by atoms with Gasteiger partial charge >= 0.3 is 0 Å². The molecule has 0 amide bonds. The molecule has 2 heteroatoms. The zero-order chi connectivity index (χ0) is 17.5. The van der Waals surface area contributed by atoms with Gasteiger partial charge in [-0.15, -0.1) is 0 Å². The topological polar surface area (TPSA) is 38.0 Å². The summed E-state index contributed by atoms with van der Waals surface area (Å²) >= 11 is 0. The number of hydrogen-bond acceptors (Lipinski definition) is 2.